The van der Waals surface area contributed by atoms with Gasteiger partial charge in [0, 0.05) is 33.8 Å². The highest BCUT2D eigenvalue weighted by molar-refractivity contribution is 6.11. The molecule has 0 bridgehead atoms. The molecule has 0 N–H and O–H groups in total. The number of aryl methyl sites for hydroxylation is 1. The van der Waals surface area contributed by atoms with Crippen molar-refractivity contribution in [2.45, 2.75) is 117 Å². The Balaban J connectivity index is 1.43. The number of ether oxygens (including phenoxy) is 1. The number of pyridine rings is 1. The normalized spacial score (nSPS) is 20.3. The SMILES string of the molecule is Cc1ccc2c(c1)c1ccc(-c3cc(C(C)(C)C)ccn3)cc1n2-c1cc(C2=N[C@]3(C)CCC[C@]3(C)O2)cc(-c2c(C(C)C)cccc2C(C)C)c1. The Morgan fingerprint density at radius 2 is 1.46 bits per heavy atom. The van der Waals surface area contributed by atoms with E-state index < -0.39 is 0 Å². The molecule has 52 heavy (non-hydrogen) atoms. The summed E-state index contributed by atoms with van der Waals surface area (Å²) >= 11 is 0. The summed E-state index contributed by atoms with van der Waals surface area (Å²) in [6, 6.07) is 32.0. The molecule has 2 aromatic heterocycles. The summed E-state index contributed by atoms with van der Waals surface area (Å²) in [6.07, 6.45) is 5.17. The van der Waals surface area contributed by atoms with E-state index in [1.807, 2.05) is 6.20 Å². The lowest BCUT2D eigenvalue weighted by molar-refractivity contribution is 0.0580. The molecule has 4 heteroatoms. The van der Waals surface area contributed by atoms with Crippen LogP contribution < -0.4 is 0 Å². The summed E-state index contributed by atoms with van der Waals surface area (Å²) in [5, 5.41) is 2.48. The maximum Gasteiger partial charge on any atom is 0.217 e. The summed E-state index contributed by atoms with van der Waals surface area (Å²) in [5.41, 5.74) is 13.9. The summed E-state index contributed by atoms with van der Waals surface area (Å²) in [5.74, 6) is 1.50. The molecule has 1 aliphatic carbocycles. The molecule has 0 unspecified atom stereocenters. The molecule has 0 saturated heterocycles. The Kier molecular flexibility index (Phi) is 8.06. The van der Waals surface area contributed by atoms with Gasteiger partial charge in [-0.3, -0.25) is 4.98 Å². The van der Waals surface area contributed by atoms with Crippen molar-refractivity contribution in [2.75, 3.05) is 0 Å². The molecule has 4 nitrogen and oxygen atoms in total. The van der Waals surface area contributed by atoms with Gasteiger partial charge in [-0.15, -0.1) is 0 Å². The number of aliphatic imine (C=N–C) groups is 1. The summed E-state index contributed by atoms with van der Waals surface area (Å²) in [4.78, 5) is 10.3. The van der Waals surface area contributed by atoms with E-state index in [1.54, 1.807) is 0 Å². The molecule has 1 saturated carbocycles. The summed E-state index contributed by atoms with van der Waals surface area (Å²) in [7, 11) is 0. The van der Waals surface area contributed by atoms with Crippen LogP contribution in [0.1, 0.15) is 121 Å². The van der Waals surface area contributed by atoms with Gasteiger partial charge in [0.25, 0.3) is 0 Å². The van der Waals surface area contributed by atoms with Crippen LogP contribution in [-0.2, 0) is 10.2 Å². The van der Waals surface area contributed by atoms with Crippen LogP contribution in [0.15, 0.2) is 96.1 Å². The number of benzene rings is 4. The monoisotopic (exact) mass is 687 g/mol. The molecule has 4 aromatic carbocycles. The smallest absolute Gasteiger partial charge is 0.217 e. The average Bonchev–Trinajstić information content (AvgIpc) is 3.68. The number of hydrogen-bond acceptors (Lipinski definition) is 3. The predicted octanol–water partition coefficient (Wildman–Crippen LogP) is 12.8. The van der Waals surface area contributed by atoms with E-state index in [0.29, 0.717) is 11.8 Å². The van der Waals surface area contributed by atoms with Gasteiger partial charge in [0.1, 0.15) is 11.1 Å². The Hall–Kier alpha value is -4.70. The molecule has 1 aliphatic heterocycles. The second-order valence-corrected chi connectivity index (χ2v) is 17.5. The second-order valence-electron chi connectivity index (χ2n) is 17.5. The molecule has 3 heterocycles. The minimum atomic E-state index is -0.286. The van der Waals surface area contributed by atoms with E-state index in [9.17, 15) is 0 Å². The van der Waals surface area contributed by atoms with Crippen LogP contribution in [0, 0.1) is 6.92 Å². The fourth-order valence-corrected chi connectivity index (χ4v) is 8.74. The third-order valence-corrected chi connectivity index (χ3v) is 12.1. The first-order valence-corrected chi connectivity index (χ1v) is 19.3. The van der Waals surface area contributed by atoms with E-state index in [4.69, 9.17) is 14.7 Å². The van der Waals surface area contributed by atoms with E-state index in [1.165, 1.54) is 49.7 Å². The van der Waals surface area contributed by atoms with Gasteiger partial charge in [0.05, 0.1) is 16.7 Å². The minimum absolute atomic E-state index is 0.0316. The highest BCUT2D eigenvalue weighted by atomic mass is 16.5. The van der Waals surface area contributed by atoms with E-state index in [-0.39, 0.29) is 16.6 Å². The Bertz CT molecular complexity index is 2380. The van der Waals surface area contributed by atoms with Crippen LogP contribution in [0.3, 0.4) is 0 Å². The molecule has 0 radical (unpaired) electrons. The molecule has 0 amide bonds. The molecule has 0 spiro atoms. The average molecular weight is 688 g/mol. The van der Waals surface area contributed by atoms with Crippen LogP contribution in [0.5, 0.6) is 0 Å². The fraction of sp³-hybridized carbons (Fsp3) is 0.375. The molecule has 8 rings (SSSR count). The molecule has 1 fully saturated rings. The number of fused-ring (bicyclic) bond motifs is 4. The van der Waals surface area contributed by atoms with Gasteiger partial charge >= 0.3 is 0 Å². The van der Waals surface area contributed by atoms with Crippen LogP contribution >= 0.6 is 0 Å². The lowest BCUT2D eigenvalue weighted by Gasteiger charge is -2.30. The Labute approximate surface area is 310 Å². The van der Waals surface area contributed by atoms with E-state index in [0.717, 1.165) is 53.2 Å². The Morgan fingerprint density at radius 3 is 2.15 bits per heavy atom. The molecule has 6 aromatic rings. The first-order valence-electron chi connectivity index (χ1n) is 19.3. The van der Waals surface area contributed by atoms with Crippen molar-refractivity contribution in [2.24, 2.45) is 4.99 Å². The van der Waals surface area contributed by atoms with Crippen molar-refractivity contribution in [3.8, 4) is 28.1 Å². The standard InChI is InChI=1S/C48H53N3O/c1-29(2)37-13-11-14-38(30(3)4)44(37)33-24-34(45-50-47(9)20-12-21-48(47,10)52-45)26-36(25-33)51-42-18-15-31(5)23-40(42)39-17-16-32(27-43(39)51)41-28-35(19-22-49-41)46(6,7)8/h11,13-19,22-30H,12,20-21H2,1-10H3/t47-,48+/m1/s1. The number of nitrogens with zero attached hydrogens (tertiary/aromatic N) is 3. The van der Waals surface area contributed by atoms with Gasteiger partial charge in [-0.05, 0) is 134 Å². The van der Waals surface area contributed by atoms with Crippen molar-refractivity contribution in [3.05, 3.63) is 119 Å². The number of hydrogen-bond donors (Lipinski definition) is 0. The molecular formula is C48H53N3O. The van der Waals surface area contributed by atoms with Crippen molar-refractivity contribution in [1.82, 2.24) is 9.55 Å². The third-order valence-electron chi connectivity index (χ3n) is 12.1. The van der Waals surface area contributed by atoms with Gasteiger partial charge in [0.2, 0.25) is 5.90 Å². The third kappa shape index (κ3) is 5.57. The maximum absolute atomic E-state index is 6.92. The van der Waals surface area contributed by atoms with Crippen LogP contribution in [0.25, 0.3) is 49.9 Å². The fourth-order valence-electron chi connectivity index (χ4n) is 8.74. The van der Waals surface area contributed by atoms with Crippen molar-refractivity contribution >= 4 is 27.7 Å². The molecule has 2 aliphatic rings. The lowest BCUT2D eigenvalue weighted by atomic mass is 9.84. The zero-order valence-corrected chi connectivity index (χ0v) is 32.7. The van der Waals surface area contributed by atoms with Gasteiger partial charge in [0.15, 0.2) is 0 Å². The van der Waals surface area contributed by atoms with E-state index >= 15 is 0 Å². The van der Waals surface area contributed by atoms with Gasteiger partial charge in [-0.2, -0.15) is 0 Å². The van der Waals surface area contributed by atoms with Gasteiger partial charge < -0.3 is 9.30 Å². The van der Waals surface area contributed by atoms with Crippen LogP contribution in [-0.4, -0.2) is 26.6 Å². The summed E-state index contributed by atoms with van der Waals surface area (Å²) in [6.45, 7) is 22.7. The van der Waals surface area contributed by atoms with Crippen molar-refractivity contribution in [3.63, 3.8) is 0 Å². The molecule has 266 valence electrons. The predicted molar refractivity (Wildman–Crippen MR) is 219 cm³/mol. The first-order chi connectivity index (χ1) is 24.7. The van der Waals surface area contributed by atoms with Crippen LogP contribution in [0.4, 0.5) is 0 Å². The van der Waals surface area contributed by atoms with Crippen molar-refractivity contribution in [1.29, 1.82) is 0 Å². The molecule has 2 atom stereocenters. The minimum Gasteiger partial charge on any atom is -0.469 e. The van der Waals surface area contributed by atoms with Crippen molar-refractivity contribution < 1.29 is 4.74 Å². The zero-order valence-electron chi connectivity index (χ0n) is 32.7. The lowest BCUT2D eigenvalue weighted by Crippen LogP contribution is -2.41. The largest absolute Gasteiger partial charge is 0.469 e. The summed E-state index contributed by atoms with van der Waals surface area (Å²) < 4.78 is 9.38. The maximum atomic E-state index is 6.92. The molecular weight excluding hydrogens is 635 g/mol. The number of aromatic nitrogens is 2. The van der Waals surface area contributed by atoms with Crippen LogP contribution in [0.2, 0.25) is 0 Å². The zero-order chi connectivity index (χ0) is 36.7. The van der Waals surface area contributed by atoms with Gasteiger partial charge in [-0.25, -0.2) is 4.99 Å². The first kappa shape index (κ1) is 34.4. The topological polar surface area (TPSA) is 39.4 Å². The highest BCUT2D eigenvalue weighted by Crippen LogP contribution is 2.50. The number of rotatable bonds is 6. The Morgan fingerprint density at radius 1 is 0.731 bits per heavy atom. The second kappa shape index (κ2) is 12.2. The highest BCUT2D eigenvalue weighted by Gasteiger charge is 2.55. The van der Waals surface area contributed by atoms with Gasteiger partial charge in [-0.1, -0.05) is 90.4 Å². The quantitative estimate of drug-likeness (QED) is 0.175. The van der Waals surface area contributed by atoms with E-state index in [2.05, 4.69) is 159 Å².